The van der Waals surface area contributed by atoms with Crippen LogP contribution in [0.15, 0.2) is 244 Å². The van der Waals surface area contributed by atoms with Crippen LogP contribution in [0.25, 0.3) is 118 Å². The fourth-order valence-electron chi connectivity index (χ4n) is 11.4. The van der Waals surface area contributed by atoms with E-state index in [9.17, 15) is 0 Å². The molecule has 0 aliphatic heterocycles. The second-order valence-electron chi connectivity index (χ2n) is 18.8. The Hall–Kier alpha value is -9.36. The zero-order chi connectivity index (χ0) is 47.0. The van der Waals surface area contributed by atoms with Gasteiger partial charge in [0.1, 0.15) is 33.5 Å². The number of anilines is 6. The van der Waals surface area contributed by atoms with Crippen LogP contribution in [-0.4, -0.2) is 0 Å². The van der Waals surface area contributed by atoms with Gasteiger partial charge in [-0.2, -0.15) is 0 Å². The standard InChI is InChI=1S/C66H38N2O3S/c1-3-13-43(14-4-1)67(46-23-27-53-61(36-46)69-57-29-19-39-11-7-9-17-49(39)65(53)57)45-21-25-51-55-31-42-34-63-56(32-41(42)33-59(55)71-60(51)35-45)52-26-22-48(38-64(52)72-63)68(44-15-5-2-6-16-44)47-24-28-54-62(37-47)70-58-30-20-40-12-8-10-18-50(40)66(54)58/h1-38H. The van der Waals surface area contributed by atoms with E-state index in [1.165, 1.54) is 47.1 Å². The molecule has 72 heavy (non-hydrogen) atoms. The lowest BCUT2D eigenvalue weighted by Crippen LogP contribution is -2.09. The van der Waals surface area contributed by atoms with Crippen molar-refractivity contribution < 1.29 is 13.3 Å². The second kappa shape index (κ2) is 15.1. The molecule has 0 N–H and O–H groups in total. The summed E-state index contributed by atoms with van der Waals surface area (Å²) in [5.74, 6) is 0. The van der Waals surface area contributed by atoms with Crippen LogP contribution >= 0.6 is 11.3 Å². The number of para-hydroxylation sites is 2. The number of nitrogens with zero attached hydrogens (tertiary/aromatic N) is 2. The largest absolute Gasteiger partial charge is 0.456 e. The van der Waals surface area contributed by atoms with Gasteiger partial charge in [0.05, 0.1) is 0 Å². The Balaban J connectivity index is 0.780. The maximum atomic E-state index is 6.79. The highest BCUT2D eigenvalue weighted by Gasteiger charge is 2.21. The van der Waals surface area contributed by atoms with E-state index in [2.05, 4.69) is 240 Å². The summed E-state index contributed by atoms with van der Waals surface area (Å²) in [5.41, 5.74) is 11.5. The van der Waals surface area contributed by atoms with Crippen LogP contribution in [0.4, 0.5) is 34.1 Å². The molecule has 4 aromatic heterocycles. The van der Waals surface area contributed by atoms with Gasteiger partial charge in [0.15, 0.2) is 0 Å². The minimum atomic E-state index is 0.839. The summed E-state index contributed by atoms with van der Waals surface area (Å²) in [7, 11) is 0. The second-order valence-corrected chi connectivity index (χ2v) is 19.9. The molecule has 0 aliphatic rings. The van der Waals surface area contributed by atoms with Crippen molar-refractivity contribution in [2.24, 2.45) is 0 Å². The SMILES string of the molecule is c1ccc(N(c2ccc3c(c2)oc2cc4cc5c(cc4cc23)sc2cc(N(c3ccccc3)c3ccc4c(c3)oc3ccc6ccccc6c34)ccc25)c2ccc3c(c2)oc2ccc4ccccc4c23)cc1. The van der Waals surface area contributed by atoms with E-state index in [0.29, 0.717) is 0 Å². The predicted molar refractivity (Wildman–Crippen MR) is 303 cm³/mol. The predicted octanol–water partition coefficient (Wildman–Crippen LogP) is 20.2. The highest BCUT2D eigenvalue weighted by molar-refractivity contribution is 7.26. The van der Waals surface area contributed by atoms with Crippen LogP contribution in [0.5, 0.6) is 0 Å². The first-order valence-corrected chi connectivity index (χ1v) is 25.1. The maximum Gasteiger partial charge on any atom is 0.137 e. The van der Waals surface area contributed by atoms with E-state index in [4.69, 9.17) is 13.3 Å². The van der Waals surface area contributed by atoms with E-state index in [1.54, 1.807) is 0 Å². The molecular formula is C66H38N2O3S. The summed E-state index contributed by atoms with van der Waals surface area (Å²) in [6, 6.07) is 82.4. The summed E-state index contributed by atoms with van der Waals surface area (Å²) >= 11 is 1.84. The van der Waals surface area contributed by atoms with Gasteiger partial charge in [0.25, 0.3) is 0 Å². The topological polar surface area (TPSA) is 45.9 Å². The van der Waals surface area contributed by atoms with E-state index in [1.807, 2.05) is 11.3 Å². The molecule has 12 aromatic carbocycles. The molecule has 0 unspecified atom stereocenters. The van der Waals surface area contributed by atoms with Crippen molar-refractivity contribution in [1.82, 2.24) is 0 Å². The molecule has 0 radical (unpaired) electrons. The molecule has 16 rings (SSSR count). The van der Waals surface area contributed by atoms with E-state index in [-0.39, 0.29) is 0 Å². The first-order valence-electron chi connectivity index (χ1n) is 24.3. The van der Waals surface area contributed by atoms with Crippen molar-refractivity contribution in [2.75, 3.05) is 9.80 Å². The Bertz CT molecular complexity index is 4580. The molecule has 0 amide bonds. The van der Waals surface area contributed by atoms with Gasteiger partial charge in [-0.1, -0.05) is 103 Å². The smallest absolute Gasteiger partial charge is 0.137 e. The Morgan fingerprint density at radius 2 is 0.667 bits per heavy atom. The van der Waals surface area contributed by atoms with Crippen LogP contribution in [0, 0.1) is 0 Å². The van der Waals surface area contributed by atoms with Gasteiger partial charge in [-0.3, -0.25) is 0 Å². The highest BCUT2D eigenvalue weighted by atomic mass is 32.1. The summed E-state index contributed by atoms with van der Waals surface area (Å²) in [5, 5.41) is 16.3. The maximum absolute atomic E-state index is 6.79. The van der Waals surface area contributed by atoms with E-state index >= 15 is 0 Å². The molecule has 5 nitrogen and oxygen atoms in total. The lowest BCUT2D eigenvalue weighted by atomic mass is 10.0. The number of hydrogen-bond acceptors (Lipinski definition) is 6. The van der Waals surface area contributed by atoms with Crippen LogP contribution in [-0.2, 0) is 0 Å². The molecular weight excluding hydrogens is 901 g/mol. The monoisotopic (exact) mass is 938 g/mol. The normalized spacial score (nSPS) is 12.2. The summed E-state index contributed by atoms with van der Waals surface area (Å²) in [4.78, 5) is 4.61. The summed E-state index contributed by atoms with van der Waals surface area (Å²) < 4.78 is 22.4. The van der Waals surface area contributed by atoms with Crippen molar-refractivity contribution in [3.63, 3.8) is 0 Å². The number of benzene rings is 12. The third-order valence-corrected chi connectivity index (χ3v) is 15.9. The van der Waals surface area contributed by atoms with Gasteiger partial charge in [0, 0.05) is 105 Å². The third-order valence-electron chi connectivity index (χ3n) is 14.7. The molecule has 336 valence electrons. The van der Waals surface area contributed by atoms with Crippen LogP contribution in [0.2, 0.25) is 0 Å². The fraction of sp³-hybridized carbons (Fsp3) is 0. The Labute approximate surface area is 415 Å². The van der Waals surface area contributed by atoms with Crippen molar-refractivity contribution in [3.05, 3.63) is 231 Å². The molecule has 0 aliphatic carbocycles. The minimum Gasteiger partial charge on any atom is -0.456 e. The number of thiophene rings is 1. The summed E-state index contributed by atoms with van der Waals surface area (Å²) in [6.07, 6.45) is 0. The fourth-order valence-corrected chi connectivity index (χ4v) is 12.6. The highest BCUT2D eigenvalue weighted by Crippen LogP contribution is 2.46. The summed E-state index contributed by atoms with van der Waals surface area (Å²) in [6.45, 7) is 0. The zero-order valence-corrected chi connectivity index (χ0v) is 39.3. The minimum absolute atomic E-state index is 0.839. The van der Waals surface area contributed by atoms with Gasteiger partial charge >= 0.3 is 0 Å². The van der Waals surface area contributed by atoms with Gasteiger partial charge in [-0.05, 0) is 142 Å². The van der Waals surface area contributed by atoms with Crippen LogP contribution < -0.4 is 9.80 Å². The average Bonchev–Trinajstić information content (AvgIpc) is 4.19. The van der Waals surface area contributed by atoms with E-state index in [0.717, 1.165) is 105 Å². The number of hydrogen-bond donors (Lipinski definition) is 0. The molecule has 0 spiro atoms. The van der Waals surface area contributed by atoms with Gasteiger partial charge < -0.3 is 23.1 Å². The zero-order valence-electron chi connectivity index (χ0n) is 38.5. The molecule has 16 aromatic rings. The van der Waals surface area contributed by atoms with Crippen molar-refractivity contribution in [2.45, 2.75) is 0 Å². The number of fused-ring (bicyclic) bond motifs is 17. The first kappa shape index (κ1) is 39.5. The van der Waals surface area contributed by atoms with Gasteiger partial charge in [-0.15, -0.1) is 11.3 Å². The van der Waals surface area contributed by atoms with Crippen molar-refractivity contribution >= 4 is 164 Å². The molecule has 0 saturated heterocycles. The van der Waals surface area contributed by atoms with Gasteiger partial charge in [-0.25, -0.2) is 0 Å². The molecule has 4 heterocycles. The lowest BCUT2D eigenvalue weighted by molar-refractivity contribution is 0.668. The molecule has 0 fully saturated rings. The molecule has 6 heteroatoms. The van der Waals surface area contributed by atoms with Gasteiger partial charge in [0.2, 0.25) is 0 Å². The van der Waals surface area contributed by atoms with E-state index < -0.39 is 0 Å². The Kier molecular flexibility index (Phi) is 8.26. The Morgan fingerprint density at radius 3 is 1.25 bits per heavy atom. The van der Waals surface area contributed by atoms with Crippen LogP contribution in [0.1, 0.15) is 0 Å². The third kappa shape index (κ3) is 5.93. The Morgan fingerprint density at radius 1 is 0.236 bits per heavy atom. The van der Waals surface area contributed by atoms with Crippen LogP contribution in [0.3, 0.4) is 0 Å². The number of furan rings is 3. The van der Waals surface area contributed by atoms with Crippen molar-refractivity contribution in [3.8, 4) is 0 Å². The quantitative estimate of drug-likeness (QED) is 0.166. The average molecular weight is 939 g/mol. The molecule has 0 bridgehead atoms. The first-order chi connectivity index (χ1) is 35.6. The lowest BCUT2D eigenvalue weighted by Gasteiger charge is -2.25. The number of rotatable bonds is 6. The molecule has 0 saturated carbocycles. The van der Waals surface area contributed by atoms with Crippen molar-refractivity contribution in [1.29, 1.82) is 0 Å². The molecule has 0 atom stereocenters.